The zero-order valence-electron chi connectivity index (χ0n) is 5.29. The highest BCUT2D eigenvalue weighted by molar-refractivity contribution is 9.09. The molecule has 3 nitrogen and oxygen atoms in total. The number of hydrogen-bond donors (Lipinski definition) is 0. The second-order valence-corrected chi connectivity index (χ2v) is 2.54. The standard InChI is InChI=1S/C6H6BrN3/c7-1-3-10-4-2-9-6(10)5-8/h2,4H,1,3H2. The molecule has 0 atom stereocenters. The number of hydrogen-bond acceptors (Lipinski definition) is 2. The van der Waals surface area contributed by atoms with Gasteiger partial charge in [-0.15, -0.1) is 0 Å². The van der Waals surface area contributed by atoms with E-state index in [9.17, 15) is 0 Å². The van der Waals surface area contributed by atoms with Gasteiger partial charge in [0, 0.05) is 24.3 Å². The summed E-state index contributed by atoms with van der Waals surface area (Å²) in [6.07, 6.45) is 3.42. The summed E-state index contributed by atoms with van der Waals surface area (Å²) < 4.78 is 1.80. The van der Waals surface area contributed by atoms with E-state index in [0.717, 1.165) is 11.9 Å². The van der Waals surface area contributed by atoms with Crippen molar-refractivity contribution < 1.29 is 0 Å². The van der Waals surface area contributed by atoms with Gasteiger partial charge >= 0.3 is 0 Å². The van der Waals surface area contributed by atoms with Gasteiger partial charge in [0.2, 0.25) is 5.82 Å². The summed E-state index contributed by atoms with van der Waals surface area (Å²) in [5.74, 6) is 0.472. The molecule has 0 aromatic carbocycles. The quantitative estimate of drug-likeness (QED) is 0.672. The fraction of sp³-hybridized carbons (Fsp3) is 0.333. The summed E-state index contributed by atoms with van der Waals surface area (Å²) in [4.78, 5) is 3.83. The van der Waals surface area contributed by atoms with Gasteiger partial charge in [0.15, 0.2) is 0 Å². The molecule has 0 aliphatic carbocycles. The van der Waals surface area contributed by atoms with Gasteiger partial charge < -0.3 is 4.57 Å². The molecule has 1 aromatic heterocycles. The van der Waals surface area contributed by atoms with Crippen molar-refractivity contribution in [2.45, 2.75) is 6.54 Å². The number of rotatable bonds is 2. The first-order valence-corrected chi connectivity index (χ1v) is 3.98. The molecule has 1 aromatic rings. The van der Waals surface area contributed by atoms with Crippen molar-refractivity contribution in [3.8, 4) is 6.07 Å². The lowest BCUT2D eigenvalue weighted by Crippen LogP contribution is -1.99. The Morgan fingerprint density at radius 1 is 1.80 bits per heavy atom. The SMILES string of the molecule is N#Cc1nccn1CCBr. The van der Waals surface area contributed by atoms with Crippen LogP contribution in [0.15, 0.2) is 12.4 Å². The van der Waals surface area contributed by atoms with E-state index in [1.807, 2.05) is 6.07 Å². The summed E-state index contributed by atoms with van der Waals surface area (Å²) in [6, 6.07) is 1.99. The van der Waals surface area contributed by atoms with E-state index in [-0.39, 0.29) is 0 Å². The summed E-state index contributed by atoms with van der Waals surface area (Å²) >= 11 is 3.28. The van der Waals surface area contributed by atoms with Crippen LogP contribution in [0.25, 0.3) is 0 Å². The normalized spacial score (nSPS) is 9.20. The van der Waals surface area contributed by atoms with Crippen LogP contribution in [0.5, 0.6) is 0 Å². The van der Waals surface area contributed by atoms with Crippen molar-refractivity contribution in [3.63, 3.8) is 0 Å². The first-order valence-electron chi connectivity index (χ1n) is 2.85. The molecule has 0 fully saturated rings. The second kappa shape index (κ2) is 3.37. The third-order valence-corrected chi connectivity index (χ3v) is 1.50. The predicted molar refractivity (Wildman–Crippen MR) is 40.7 cm³/mol. The van der Waals surface area contributed by atoms with Gasteiger partial charge in [-0.3, -0.25) is 0 Å². The Morgan fingerprint density at radius 3 is 3.20 bits per heavy atom. The van der Waals surface area contributed by atoms with Crippen LogP contribution in [-0.2, 0) is 6.54 Å². The number of halogens is 1. The molecule has 0 spiro atoms. The molecule has 0 aliphatic rings. The monoisotopic (exact) mass is 199 g/mol. The number of alkyl halides is 1. The molecule has 4 heteroatoms. The fourth-order valence-corrected chi connectivity index (χ4v) is 1.08. The summed E-state index contributed by atoms with van der Waals surface area (Å²) in [7, 11) is 0. The van der Waals surface area contributed by atoms with Crippen molar-refractivity contribution in [2.75, 3.05) is 5.33 Å². The van der Waals surface area contributed by atoms with E-state index in [0.29, 0.717) is 5.82 Å². The highest BCUT2D eigenvalue weighted by Crippen LogP contribution is 1.96. The number of nitrogens with zero attached hydrogens (tertiary/aromatic N) is 3. The minimum Gasteiger partial charge on any atom is -0.322 e. The largest absolute Gasteiger partial charge is 0.322 e. The van der Waals surface area contributed by atoms with Crippen LogP contribution in [0.3, 0.4) is 0 Å². The maximum absolute atomic E-state index is 8.49. The molecule has 1 rings (SSSR count). The number of aryl methyl sites for hydroxylation is 1. The molecule has 0 saturated carbocycles. The van der Waals surface area contributed by atoms with Crippen LogP contribution in [-0.4, -0.2) is 14.9 Å². The van der Waals surface area contributed by atoms with Crippen molar-refractivity contribution in [1.29, 1.82) is 5.26 Å². The Bertz CT molecular complexity index is 248. The van der Waals surface area contributed by atoms with Crippen molar-refractivity contribution in [2.24, 2.45) is 0 Å². The molecule has 0 bridgehead atoms. The number of nitriles is 1. The van der Waals surface area contributed by atoms with Gasteiger partial charge in [-0.1, -0.05) is 15.9 Å². The maximum atomic E-state index is 8.49. The Kier molecular flexibility index (Phi) is 2.46. The third kappa shape index (κ3) is 1.36. The van der Waals surface area contributed by atoms with Crippen LogP contribution in [0.1, 0.15) is 5.82 Å². The Hall–Kier alpha value is -0.820. The van der Waals surface area contributed by atoms with E-state index < -0.39 is 0 Å². The minimum atomic E-state index is 0.472. The number of imidazole rings is 1. The van der Waals surface area contributed by atoms with E-state index in [1.54, 1.807) is 17.0 Å². The zero-order valence-corrected chi connectivity index (χ0v) is 6.87. The average molecular weight is 200 g/mol. The molecular formula is C6H6BrN3. The van der Waals surface area contributed by atoms with Gasteiger partial charge in [-0.05, 0) is 0 Å². The topological polar surface area (TPSA) is 41.6 Å². The first-order chi connectivity index (χ1) is 4.88. The van der Waals surface area contributed by atoms with Crippen molar-refractivity contribution in [1.82, 2.24) is 9.55 Å². The second-order valence-electron chi connectivity index (χ2n) is 1.75. The predicted octanol–water partition coefficient (Wildman–Crippen LogP) is 1.15. The Labute approximate surface area is 67.4 Å². The summed E-state index contributed by atoms with van der Waals surface area (Å²) in [5.41, 5.74) is 0. The lowest BCUT2D eigenvalue weighted by molar-refractivity contribution is 0.760. The lowest BCUT2D eigenvalue weighted by Gasteiger charge is -1.96. The van der Waals surface area contributed by atoms with E-state index in [4.69, 9.17) is 5.26 Å². The molecule has 0 radical (unpaired) electrons. The van der Waals surface area contributed by atoms with Crippen molar-refractivity contribution in [3.05, 3.63) is 18.2 Å². The molecule has 0 amide bonds. The Balaban J connectivity index is 2.82. The third-order valence-electron chi connectivity index (χ3n) is 1.14. The zero-order chi connectivity index (χ0) is 7.40. The maximum Gasteiger partial charge on any atom is 0.212 e. The van der Waals surface area contributed by atoms with Crippen LogP contribution in [0.2, 0.25) is 0 Å². The lowest BCUT2D eigenvalue weighted by atomic mass is 10.6. The highest BCUT2D eigenvalue weighted by Gasteiger charge is 1.97. The summed E-state index contributed by atoms with van der Waals surface area (Å²) in [6.45, 7) is 0.795. The van der Waals surface area contributed by atoms with Gasteiger partial charge in [-0.25, -0.2) is 4.98 Å². The van der Waals surface area contributed by atoms with Crippen LogP contribution < -0.4 is 0 Å². The average Bonchev–Trinajstić information content (AvgIpc) is 2.36. The minimum absolute atomic E-state index is 0.472. The van der Waals surface area contributed by atoms with Crippen LogP contribution in [0.4, 0.5) is 0 Å². The van der Waals surface area contributed by atoms with E-state index >= 15 is 0 Å². The molecule has 0 aliphatic heterocycles. The molecule has 1 heterocycles. The van der Waals surface area contributed by atoms with Crippen LogP contribution in [0, 0.1) is 11.3 Å². The smallest absolute Gasteiger partial charge is 0.212 e. The van der Waals surface area contributed by atoms with Gasteiger partial charge in [-0.2, -0.15) is 5.26 Å². The van der Waals surface area contributed by atoms with Gasteiger partial charge in [0.25, 0.3) is 0 Å². The van der Waals surface area contributed by atoms with Crippen LogP contribution >= 0.6 is 15.9 Å². The molecule has 10 heavy (non-hydrogen) atoms. The van der Waals surface area contributed by atoms with E-state index in [1.165, 1.54) is 0 Å². The van der Waals surface area contributed by atoms with Gasteiger partial charge in [0.1, 0.15) is 6.07 Å². The van der Waals surface area contributed by atoms with Crippen molar-refractivity contribution >= 4 is 15.9 Å². The molecule has 0 saturated heterocycles. The van der Waals surface area contributed by atoms with Gasteiger partial charge in [0.05, 0.1) is 0 Å². The summed E-state index contributed by atoms with van der Waals surface area (Å²) in [5, 5.41) is 9.33. The Morgan fingerprint density at radius 2 is 2.60 bits per heavy atom. The first kappa shape index (κ1) is 7.29. The van der Waals surface area contributed by atoms with E-state index in [2.05, 4.69) is 20.9 Å². The molecule has 52 valence electrons. The fourth-order valence-electron chi connectivity index (χ4n) is 0.694. The highest BCUT2D eigenvalue weighted by atomic mass is 79.9. The number of aromatic nitrogens is 2. The molecule has 0 unspecified atom stereocenters. The molecular weight excluding hydrogens is 194 g/mol. The molecule has 0 N–H and O–H groups in total.